The molecule has 5 heteroatoms. The van der Waals surface area contributed by atoms with Crippen LogP contribution >= 0.6 is 0 Å². The Morgan fingerprint density at radius 2 is 2.00 bits per heavy atom. The number of furan rings is 1. The molecule has 19 heavy (non-hydrogen) atoms. The lowest BCUT2D eigenvalue weighted by Crippen LogP contribution is -2.29. The van der Waals surface area contributed by atoms with E-state index in [4.69, 9.17) is 18.6 Å². The van der Waals surface area contributed by atoms with Crippen molar-refractivity contribution in [1.82, 2.24) is 5.32 Å². The third-order valence-corrected chi connectivity index (χ3v) is 2.91. The van der Waals surface area contributed by atoms with Gasteiger partial charge in [-0.25, -0.2) is 0 Å². The van der Waals surface area contributed by atoms with Crippen LogP contribution in [-0.2, 0) is 16.0 Å². The minimum Gasteiger partial charge on any atom is -0.493 e. The summed E-state index contributed by atoms with van der Waals surface area (Å²) in [5.74, 6) is 1.60. The van der Waals surface area contributed by atoms with Crippen LogP contribution in [0.5, 0.6) is 5.75 Å². The van der Waals surface area contributed by atoms with Gasteiger partial charge in [0.05, 0.1) is 13.7 Å². The molecule has 0 saturated carbocycles. The van der Waals surface area contributed by atoms with Crippen LogP contribution in [-0.4, -0.2) is 34.2 Å². The number of benzene rings is 1. The standard InChI is InChI=1S/C14H19NO4/c1-16-12-6-4-5-10-7-11(19-14(10)12)8-15-9-13(17-2)18-3/h4-7,13,15H,8-9H2,1-3H3. The molecule has 0 fully saturated rings. The quantitative estimate of drug-likeness (QED) is 0.777. The lowest BCUT2D eigenvalue weighted by atomic mass is 10.2. The van der Waals surface area contributed by atoms with Crippen LogP contribution in [0.15, 0.2) is 28.7 Å². The first-order valence-electron chi connectivity index (χ1n) is 6.10. The maximum absolute atomic E-state index is 5.77. The van der Waals surface area contributed by atoms with Crippen molar-refractivity contribution >= 4 is 11.0 Å². The summed E-state index contributed by atoms with van der Waals surface area (Å²) in [5.41, 5.74) is 0.775. The van der Waals surface area contributed by atoms with Gasteiger partial charge in [-0.2, -0.15) is 0 Å². The largest absolute Gasteiger partial charge is 0.493 e. The molecule has 1 aromatic heterocycles. The van der Waals surface area contributed by atoms with Gasteiger partial charge in [0, 0.05) is 26.2 Å². The summed E-state index contributed by atoms with van der Waals surface area (Å²) in [4.78, 5) is 0. The highest BCUT2D eigenvalue weighted by Gasteiger charge is 2.09. The maximum Gasteiger partial charge on any atom is 0.176 e. The van der Waals surface area contributed by atoms with Gasteiger partial charge in [0.1, 0.15) is 5.76 Å². The van der Waals surface area contributed by atoms with E-state index in [9.17, 15) is 0 Å². The van der Waals surface area contributed by atoms with E-state index in [2.05, 4.69) is 5.32 Å². The van der Waals surface area contributed by atoms with Crippen LogP contribution in [0.25, 0.3) is 11.0 Å². The molecule has 0 spiro atoms. The highest BCUT2D eigenvalue weighted by Crippen LogP contribution is 2.28. The van der Waals surface area contributed by atoms with E-state index < -0.39 is 0 Å². The van der Waals surface area contributed by atoms with E-state index in [1.54, 1.807) is 21.3 Å². The van der Waals surface area contributed by atoms with Crippen LogP contribution in [0.4, 0.5) is 0 Å². The van der Waals surface area contributed by atoms with Crippen LogP contribution in [0, 0.1) is 0 Å². The van der Waals surface area contributed by atoms with Crippen LogP contribution < -0.4 is 10.1 Å². The summed E-state index contributed by atoms with van der Waals surface area (Å²) in [6.45, 7) is 1.21. The van der Waals surface area contributed by atoms with Crippen molar-refractivity contribution in [3.63, 3.8) is 0 Å². The Labute approximate surface area is 112 Å². The zero-order valence-corrected chi connectivity index (χ0v) is 11.4. The second-order valence-electron chi connectivity index (χ2n) is 4.12. The molecule has 0 aliphatic heterocycles. The molecule has 0 aliphatic carbocycles. The molecule has 0 saturated heterocycles. The van der Waals surface area contributed by atoms with Crippen molar-refractivity contribution in [3.05, 3.63) is 30.0 Å². The minimum absolute atomic E-state index is 0.251. The molecule has 1 aromatic carbocycles. The lowest BCUT2D eigenvalue weighted by molar-refractivity contribution is -0.0990. The van der Waals surface area contributed by atoms with Crippen molar-refractivity contribution in [2.45, 2.75) is 12.8 Å². The SMILES string of the molecule is COc1cccc2cc(CNCC(OC)OC)oc12. The van der Waals surface area contributed by atoms with Gasteiger partial charge in [0.15, 0.2) is 17.6 Å². The Hall–Kier alpha value is -1.56. The molecule has 104 valence electrons. The molecule has 2 rings (SSSR count). The summed E-state index contributed by atoms with van der Waals surface area (Å²) < 4.78 is 21.2. The summed E-state index contributed by atoms with van der Waals surface area (Å²) >= 11 is 0. The van der Waals surface area contributed by atoms with Crippen molar-refractivity contribution in [1.29, 1.82) is 0 Å². The predicted octanol–water partition coefficient (Wildman–Crippen LogP) is 2.15. The van der Waals surface area contributed by atoms with E-state index in [1.165, 1.54) is 0 Å². The van der Waals surface area contributed by atoms with Crippen LogP contribution in [0.3, 0.4) is 0 Å². The number of nitrogens with one attached hydrogen (secondary N) is 1. The van der Waals surface area contributed by atoms with Gasteiger partial charge in [-0.3, -0.25) is 0 Å². The number of hydrogen-bond donors (Lipinski definition) is 1. The van der Waals surface area contributed by atoms with Crippen molar-refractivity contribution in [3.8, 4) is 5.75 Å². The van der Waals surface area contributed by atoms with Gasteiger partial charge in [0.2, 0.25) is 0 Å². The molecule has 0 unspecified atom stereocenters. The van der Waals surface area contributed by atoms with Crippen molar-refractivity contribution in [2.24, 2.45) is 0 Å². The molecule has 2 aromatic rings. The van der Waals surface area contributed by atoms with Gasteiger partial charge < -0.3 is 23.9 Å². The fourth-order valence-corrected chi connectivity index (χ4v) is 1.91. The number of methoxy groups -OCH3 is 3. The van der Waals surface area contributed by atoms with E-state index in [1.807, 2.05) is 24.3 Å². The number of fused-ring (bicyclic) bond motifs is 1. The second kappa shape index (κ2) is 6.56. The highest BCUT2D eigenvalue weighted by molar-refractivity contribution is 5.83. The molecule has 0 amide bonds. The molecular formula is C14H19NO4. The highest BCUT2D eigenvalue weighted by atomic mass is 16.7. The molecule has 1 N–H and O–H groups in total. The van der Waals surface area contributed by atoms with Crippen LogP contribution in [0.1, 0.15) is 5.76 Å². The van der Waals surface area contributed by atoms with Crippen molar-refractivity contribution in [2.75, 3.05) is 27.9 Å². The van der Waals surface area contributed by atoms with E-state index >= 15 is 0 Å². The van der Waals surface area contributed by atoms with Gasteiger partial charge >= 0.3 is 0 Å². The summed E-state index contributed by atoms with van der Waals surface area (Å²) in [7, 11) is 4.86. The Morgan fingerprint density at radius 3 is 2.68 bits per heavy atom. The number of rotatable bonds is 7. The maximum atomic E-state index is 5.77. The number of ether oxygens (including phenoxy) is 3. The normalized spacial score (nSPS) is 11.4. The van der Waals surface area contributed by atoms with E-state index in [-0.39, 0.29) is 6.29 Å². The smallest absolute Gasteiger partial charge is 0.176 e. The van der Waals surface area contributed by atoms with E-state index in [0.29, 0.717) is 13.1 Å². The average Bonchev–Trinajstić information content (AvgIpc) is 2.86. The van der Waals surface area contributed by atoms with Gasteiger partial charge in [-0.1, -0.05) is 12.1 Å². The topological polar surface area (TPSA) is 52.9 Å². The summed E-state index contributed by atoms with van der Waals surface area (Å²) in [5, 5.41) is 4.25. The Kier molecular flexibility index (Phi) is 4.79. The molecule has 0 bridgehead atoms. The fourth-order valence-electron chi connectivity index (χ4n) is 1.91. The zero-order chi connectivity index (χ0) is 13.7. The number of para-hydroxylation sites is 1. The van der Waals surface area contributed by atoms with Crippen molar-refractivity contribution < 1.29 is 18.6 Å². The third kappa shape index (κ3) is 3.26. The molecule has 5 nitrogen and oxygen atoms in total. The summed E-state index contributed by atoms with van der Waals surface area (Å²) in [6, 6.07) is 7.83. The first kappa shape index (κ1) is 13.9. The molecule has 0 aliphatic rings. The number of hydrogen-bond acceptors (Lipinski definition) is 5. The average molecular weight is 265 g/mol. The Morgan fingerprint density at radius 1 is 1.21 bits per heavy atom. The first-order chi connectivity index (χ1) is 9.28. The molecule has 0 atom stereocenters. The summed E-state index contributed by atoms with van der Waals surface area (Å²) in [6.07, 6.45) is -0.251. The lowest BCUT2D eigenvalue weighted by Gasteiger charge is -2.13. The van der Waals surface area contributed by atoms with E-state index in [0.717, 1.165) is 22.5 Å². The zero-order valence-electron chi connectivity index (χ0n) is 11.4. The first-order valence-corrected chi connectivity index (χ1v) is 6.10. The van der Waals surface area contributed by atoms with Crippen LogP contribution in [0.2, 0.25) is 0 Å². The second-order valence-corrected chi connectivity index (χ2v) is 4.12. The molecular weight excluding hydrogens is 246 g/mol. The third-order valence-electron chi connectivity index (χ3n) is 2.91. The Balaban J connectivity index is 2.02. The fraction of sp³-hybridized carbons (Fsp3) is 0.429. The van der Waals surface area contributed by atoms with Gasteiger partial charge in [0.25, 0.3) is 0 Å². The molecule has 1 heterocycles. The minimum atomic E-state index is -0.251. The molecule has 0 radical (unpaired) electrons. The Bertz CT molecular complexity index is 519. The van der Waals surface area contributed by atoms with Gasteiger partial charge in [-0.05, 0) is 12.1 Å². The van der Waals surface area contributed by atoms with Gasteiger partial charge in [-0.15, -0.1) is 0 Å². The monoisotopic (exact) mass is 265 g/mol. The predicted molar refractivity (Wildman–Crippen MR) is 72.3 cm³/mol.